The van der Waals surface area contributed by atoms with Crippen molar-refractivity contribution in [3.63, 3.8) is 0 Å². The number of nitrogens with zero attached hydrogens (tertiary/aromatic N) is 1. The largest absolute Gasteiger partial charge is 0.326 e. The molecule has 0 aliphatic carbocycles. The van der Waals surface area contributed by atoms with Gasteiger partial charge in [-0.2, -0.15) is 0 Å². The van der Waals surface area contributed by atoms with Gasteiger partial charge in [-0.1, -0.05) is 29.8 Å². The number of rotatable bonds is 8. The predicted octanol–water partition coefficient (Wildman–Crippen LogP) is 6.83. The lowest BCUT2D eigenvalue weighted by molar-refractivity contribution is -0.116. The van der Waals surface area contributed by atoms with Gasteiger partial charge in [-0.15, -0.1) is 34.4 Å². The van der Waals surface area contributed by atoms with E-state index >= 15 is 0 Å². The number of halogens is 1. The Labute approximate surface area is 209 Å². The third kappa shape index (κ3) is 6.68. The van der Waals surface area contributed by atoms with Gasteiger partial charge in [0.05, 0.1) is 22.2 Å². The van der Waals surface area contributed by atoms with Crippen LogP contribution in [0.25, 0.3) is 10.6 Å². The smallest absolute Gasteiger partial charge is 0.239 e. The molecule has 2 amide bonds. The molecule has 168 valence electrons. The van der Waals surface area contributed by atoms with Crippen molar-refractivity contribution in [1.29, 1.82) is 0 Å². The summed E-state index contributed by atoms with van der Waals surface area (Å²) in [5.74, 6) is -0.205. The summed E-state index contributed by atoms with van der Waals surface area (Å²) in [5.41, 5.74) is 2.48. The number of nitrogens with one attached hydrogen (secondary N) is 2. The van der Waals surface area contributed by atoms with Crippen molar-refractivity contribution in [1.82, 2.24) is 4.98 Å². The molecule has 0 radical (unpaired) electrons. The average Bonchev–Trinajstić information content (AvgIpc) is 3.49. The molecule has 0 aliphatic heterocycles. The minimum atomic E-state index is -0.301. The number of hydrogen-bond donors (Lipinski definition) is 2. The first-order valence-corrected chi connectivity index (χ1v) is 13.1. The van der Waals surface area contributed by atoms with Gasteiger partial charge in [-0.25, -0.2) is 4.98 Å². The molecule has 5 nitrogen and oxygen atoms in total. The van der Waals surface area contributed by atoms with Crippen LogP contribution in [0, 0.1) is 0 Å². The van der Waals surface area contributed by atoms with Gasteiger partial charge in [0.2, 0.25) is 11.8 Å². The van der Waals surface area contributed by atoms with Crippen molar-refractivity contribution in [2.75, 3.05) is 10.6 Å². The fourth-order valence-corrected chi connectivity index (χ4v) is 5.41. The first-order chi connectivity index (χ1) is 16.0. The lowest BCUT2D eigenvalue weighted by Crippen LogP contribution is -2.22. The predicted molar refractivity (Wildman–Crippen MR) is 140 cm³/mol. The van der Waals surface area contributed by atoms with E-state index in [1.807, 2.05) is 66.2 Å². The lowest BCUT2D eigenvalue weighted by atomic mass is 10.1. The summed E-state index contributed by atoms with van der Waals surface area (Å²) in [6, 6.07) is 18.7. The zero-order chi connectivity index (χ0) is 23.2. The Morgan fingerprint density at radius 2 is 1.79 bits per heavy atom. The summed E-state index contributed by atoms with van der Waals surface area (Å²) >= 11 is 10.4. The highest BCUT2D eigenvalue weighted by Crippen LogP contribution is 2.30. The normalized spacial score (nSPS) is 11.7. The second-order valence-electron chi connectivity index (χ2n) is 7.14. The van der Waals surface area contributed by atoms with E-state index in [4.69, 9.17) is 11.6 Å². The van der Waals surface area contributed by atoms with Crippen LogP contribution >= 0.6 is 46.0 Å². The molecule has 0 fully saturated rings. The summed E-state index contributed by atoms with van der Waals surface area (Å²) in [4.78, 5) is 31.4. The van der Waals surface area contributed by atoms with E-state index in [2.05, 4.69) is 15.6 Å². The highest BCUT2D eigenvalue weighted by atomic mass is 35.5. The molecule has 0 saturated heterocycles. The topological polar surface area (TPSA) is 71.1 Å². The van der Waals surface area contributed by atoms with Crippen LogP contribution in [0.2, 0.25) is 5.02 Å². The molecule has 0 spiro atoms. The average molecular weight is 514 g/mol. The highest BCUT2D eigenvalue weighted by Gasteiger charge is 2.17. The van der Waals surface area contributed by atoms with Crippen molar-refractivity contribution < 1.29 is 9.59 Å². The van der Waals surface area contributed by atoms with Gasteiger partial charge in [0.1, 0.15) is 0 Å². The molecule has 1 unspecified atom stereocenters. The molecule has 33 heavy (non-hydrogen) atoms. The Hall–Kier alpha value is -2.65. The van der Waals surface area contributed by atoms with E-state index in [0.717, 1.165) is 21.0 Å². The summed E-state index contributed by atoms with van der Waals surface area (Å²) in [5, 5.41) is 10.7. The molecule has 0 aliphatic rings. The van der Waals surface area contributed by atoms with Gasteiger partial charge in [0.15, 0.2) is 5.13 Å². The quantitative estimate of drug-likeness (QED) is 0.253. The summed E-state index contributed by atoms with van der Waals surface area (Å²) < 4.78 is 0. The minimum Gasteiger partial charge on any atom is -0.326 e. The first kappa shape index (κ1) is 23.5. The van der Waals surface area contributed by atoms with E-state index in [-0.39, 0.29) is 23.5 Å². The Morgan fingerprint density at radius 3 is 2.48 bits per heavy atom. The second-order valence-corrected chi connectivity index (χ2v) is 10.8. The molecule has 2 N–H and O–H groups in total. The van der Waals surface area contributed by atoms with Crippen molar-refractivity contribution >= 4 is 68.7 Å². The summed E-state index contributed by atoms with van der Waals surface area (Å²) in [6.07, 6.45) is 0.274. The van der Waals surface area contributed by atoms with Crippen LogP contribution in [0.1, 0.15) is 12.5 Å². The Morgan fingerprint density at radius 1 is 1.03 bits per heavy atom. The van der Waals surface area contributed by atoms with Crippen LogP contribution in [-0.4, -0.2) is 22.0 Å². The molecular weight excluding hydrogens is 494 g/mol. The van der Waals surface area contributed by atoms with Crippen LogP contribution in [0.3, 0.4) is 0 Å². The van der Waals surface area contributed by atoms with Crippen LogP contribution in [0.5, 0.6) is 0 Å². The van der Waals surface area contributed by atoms with Crippen LogP contribution in [0.4, 0.5) is 10.8 Å². The molecule has 9 heteroatoms. The summed E-state index contributed by atoms with van der Waals surface area (Å²) in [7, 11) is 0. The summed E-state index contributed by atoms with van der Waals surface area (Å²) in [6.45, 7) is 1.86. The van der Waals surface area contributed by atoms with Crippen LogP contribution in [-0.2, 0) is 16.0 Å². The number of thioether (sulfide) groups is 1. The van der Waals surface area contributed by atoms with Crippen LogP contribution in [0.15, 0.2) is 76.3 Å². The standard InChI is InChI=1S/C24H20ClN3O2S3/c1-15(23(30)28-24-27-20(14-32-24)21-3-2-12-31-21)33-19-10-8-18(9-11-19)26-22(29)13-16-4-6-17(25)7-5-16/h2-12,14-15H,13H2,1H3,(H,26,29)(H,27,28,30). The van der Waals surface area contributed by atoms with E-state index in [9.17, 15) is 9.59 Å². The molecule has 2 aromatic heterocycles. The number of thiazole rings is 1. The molecule has 0 bridgehead atoms. The van der Waals surface area contributed by atoms with E-state index < -0.39 is 0 Å². The Balaban J connectivity index is 1.27. The van der Waals surface area contributed by atoms with Gasteiger partial charge in [-0.05, 0) is 60.3 Å². The zero-order valence-electron chi connectivity index (χ0n) is 17.6. The third-order valence-corrected chi connectivity index (χ3v) is 7.62. The number of thiophene rings is 1. The maximum absolute atomic E-state index is 12.6. The molecule has 0 saturated carbocycles. The van der Waals surface area contributed by atoms with Crippen molar-refractivity contribution in [3.05, 3.63) is 82.0 Å². The number of benzene rings is 2. The fraction of sp³-hybridized carbons (Fsp3) is 0.125. The SMILES string of the molecule is CC(Sc1ccc(NC(=O)Cc2ccc(Cl)cc2)cc1)C(=O)Nc1nc(-c2cccs2)cs1. The van der Waals surface area contributed by atoms with Gasteiger partial charge in [0.25, 0.3) is 0 Å². The van der Waals surface area contributed by atoms with Crippen molar-refractivity contribution in [3.8, 4) is 10.6 Å². The van der Waals surface area contributed by atoms with Gasteiger partial charge in [-0.3, -0.25) is 9.59 Å². The molecule has 2 heterocycles. The van der Waals surface area contributed by atoms with E-state index in [1.165, 1.54) is 23.1 Å². The highest BCUT2D eigenvalue weighted by molar-refractivity contribution is 8.00. The number of aromatic nitrogens is 1. The second kappa shape index (κ2) is 11.0. The lowest BCUT2D eigenvalue weighted by Gasteiger charge is -2.11. The first-order valence-electron chi connectivity index (χ1n) is 10.1. The molecule has 4 aromatic rings. The maximum atomic E-state index is 12.6. The molecular formula is C24H20ClN3O2S3. The number of anilines is 2. The monoisotopic (exact) mass is 513 g/mol. The van der Waals surface area contributed by atoms with E-state index in [1.54, 1.807) is 23.5 Å². The zero-order valence-corrected chi connectivity index (χ0v) is 20.8. The Bertz CT molecular complexity index is 1220. The number of hydrogen-bond acceptors (Lipinski definition) is 6. The van der Waals surface area contributed by atoms with Crippen LogP contribution < -0.4 is 10.6 Å². The molecule has 2 aromatic carbocycles. The van der Waals surface area contributed by atoms with Gasteiger partial charge in [0, 0.05) is 21.0 Å². The van der Waals surface area contributed by atoms with Gasteiger partial charge < -0.3 is 10.6 Å². The van der Waals surface area contributed by atoms with Crippen molar-refractivity contribution in [2.24, 2.45) is 0 Å². The fourth-order valence-electron chi connectivity index (χ4n) is 2.94. The third-order valence-electron chi connectivity index (χ3n) is 4.61. The van der Waals surface area contributed by atoms with Crippen molar-refractivity contribution in [2.45, 2.75) is 23.5 Å². The number of carbonyl (C=O) groups excluding carboxylic acids is 2. The molecule has 1 atom stereocenters. The minimum absolute atomic E-state index is 0.101. The number of amides is 2. The Kier molecular flexibility index (Phi) is 7.82. The number of carbonyl (C=O) groups is 2. The van der Waals surface area contributed by atoms with E-state index in [0.29, 0.717) is 15.8 Å². The molecule has 4 rings (SSSR count). The maximum Gasteiger partial charge on any atom is 0.239 e. The van der Waals surface area contributed by atoms with Gasteiger partial charge >= 0.3 is 0 Å².